The van der Waals surface area contributed by atoms with Crippen molar-refractivity contribution in [3.63, 3.8) is 0 Å². The van der Waals surface area contributed by atoms with Gasteiger partial charge < -0.3 is 10.2 Å². The molecule has 1 unspecified atom stereocenters. The molecule has 1 fully saturated rings. The van der Waals surface area contributed by atoms with Gasteiger partial charge in [0.15, 0.2) is 0 Å². The topological polar surface area (TPSA) is 95.6 Å². The maximum atomic E-state index is 13.0. The average molecular weight is 484 g/mol. The van der Waals surface area contributed by atoms with Crippen molar-refractivity contribution in [3.8, 4) is 0 Å². The number of rotatable bonds is 4. The van der Waals surface area contributed by atoms with E-state index in [-0.39, 0.29) is 30.7 Å². The average Bonchev–Trinajstić information content (AvgIpc) is 3.04. The molecule has 1 saturated heterocycles. The molecule has 7 nitrogen and oxygen atoms in total. The summed E-state index contributed by atoms with van der Waals surface area (Å²) in [7, 11) is 0. The Morgan fingerprint density at radius 1 is 1.13 bits per heavy atom. The predicted molar refractivity (Wildman–Crippen MR) is 117 cm³/mol. The van der Waals surface area contributed by atoms with Gasteiger partial charge in [-0.25, -0.2) is 0 Å². The van der Waals surface area contributed by atoms with Gasteiger partial charge in [-0.15, -0.1) is 0 Å². The summed E-state index contributed by atoms with van der Waals surface area (Å²) in [5.74, 6) is -1.36. The molecule has 2 aromatic carbocycles. The number of amides is 4. The normalized spacial score (nSPS) is 18.6. The van der Waals surface area contributed by atoms with Crippen molar-refractivity contribution in [3.05, 3.63) is 69.2 Å². The Bertz CT molecular complexity index is 1090. The van der Waals surface area contributed by atoms with Gasteiger partial charge in [-0.3, -0.25) is 24.5 Å². The molecule has 0 aromatic heterocycles. The molecule has 2 heterocycles. The van der Waals surface area contributed by atoms with Crippen LogP contribution >= 0.6 is 15.9 Å². The first-order valence-corrected chi connectivity index (χ1v) is 10.8. The first kappa shape index (κ1) is 21.2. The minimum absolute atomic E-state index is 0.204. The molecule has 0 bridgehead atoms. The smallest absolute Gasteiger partial charge is 0.255 e. The van der Waals surface area contributed by atoms with Gasteiger partial charge in [0.1, 0.15) is 6.04 Å². The third-order valence-electron chi connectivity index (χ3n) is 5.78. The summed E-state index contributed by atoms with van der Waals surface area (Å²) in [4.78, 5) is 51.0. The first-order valence-electron chi connectivity index (χ1n) is 10.0. The van der Waals surface area contributed by atoms with Crippen LogP contribution in [0.1, 0.15) is 58.5 Å². The molecule has 1 atom stereocenters. The van der Waals surface area contributed by atoms with Crippen LogP contribution in [0, 0.1) is 0 Å². The standard InChI is InChI=1S/C23H22BrN3O4/c1-23(2,15-5-7-16(24)8-6-15)26-20(29)13-3-4-14-12-27(22(31)17(14)11-13)18-9-10-19(28)25-21(18)30/h3-8,11,18H,9-10,12H2,1-2H3,(H,26,29)(H,25,28,30). The van der Waals surface area contributed by atoms with Crippen LogP contribution in [0.4, 0.5) is 0 Å². The number of carbonyl (C=O) groups excluding carboxylic acids is 4. The number of halogens is 1. The Kier molecular flexibility index (Phi) is 5.43. The van der Waals surface area contributed by atoms with Crippen LogP contribution in [-0.4, -0.2) is 34.6 Å². The van der Waals surface area contributed by atoms with E-state index in [4.69, 9.17) is 0 Å². The quantitative estimate of drug-likeness (QED) is 0.653. The van der Waals surface area contributed by atoms with Crippen molar-refractivity contribution in [2.24, 2.45) is 0 Å². The molecule has 0 spiro atoms. The molecule has 8 heteroatoms. The Morgan fingerprint density at radius 3 is 2.52 bits per heavy atom. The molecule has 0 saturated carbocycles. The molecule has 31 heavy (non-hydrogen) atoms. The van der Waals surface area contributed by atoms with Crippen molar-refractivity contribution in [1.82, 2.24) is 15.5 Å². The summed E-state index contributed by atoms with van der Waals surface area (Å²) in [5.41, 5.74) is 1.89. The number of imide groups is 1. The highest BCUT2D eigenvalue weighted by molar-refractivity contribution is 9.10. The summed E-state index contributed by atoms with van der Waals surface area (Å²) >= 11 is 3.41. The van der Waals surface area contributed by atoms with Gasteiger partial charge in [0.05, 0.1) is 5.54 Å². The van der Waals surface area contributed by atoms with Gasteiger partial charge in [-0.05, 0) is 55.7 Å². The molecule has 2 aromatic rings. The molecule has 4 amide bonds. The van der Waals surface area contributed by atoms with Gasteiger partial charge in [0.25, 0.3) is 11.8 Å². The summed E-state index contributed by atoms with van der Waals surface area (Å²) < 4.78 is 0.955. The fraction of sp³-hybridized carbons (Fsp3) is 0.304. The second-order valence-corrected chi connectivity index (χ2v) is 9.27. The summed E-state index contributed by atoms with van der Waals surface area (Å²) in [6.07, 6.45) is 0.508. The van der Waals surface area contributed by atoms with E-state index < -0.39 is 17.5 Å². The zero-order valence-electron chi connectivity index (χ0n) is 17.2. The number of benzene rings is 2. The number of carbonyl (C=O) groups is 4. The van der Waals surface area contributed by atoms with Gasteiger partial charge in [0, 0.05) is 28.6 Å². The molecule has 160 valence electrons. The van der Waals surface area contributed by atoms with E-state index in [1.807, 2.05) is 38.1 Å². The van der Waals surface area contributed by atoms with Crippen LogP contribution in [0.2, 0.25) is 0 Å². The van der Waals surface area contributed by atoms with Crippen LogP contribution in [0.15, 0.2) is 46.9 Å². The van der Waals surface area contributed by atoms with Crippen molar-refractivity contribution < 1.29 is 19.2 Å². The monoisotopic (exact) mass is 483 g/mol. The molecule has 4 rings (SSSR count). The van der Waals surface area contributed by atoms with E-state index >= 15 is 0 Å². The number of nitrogens with one attached hydrogen (secondary N) is 2. The molecular formula is C23H22BrN3O4. The Hall–Kier alpha value is -3.00. The minimum atomic E-state index is -0.675. The van der Waals surface area contributed by atoms with Crippen LogP contribution in [0.25, 0.3) is 0 Å². The number of piperidine rings is 1. The molecular weight excluding hydrogens is 462 g/mol. The van der Waals surface area contributed by atoms with E-state index in [1.54, 1.807) is 18.2 Å². The number of hydrogen-bond donors (Lipinski definition) is 2. The van der Waals surface area contributed by atoms with Crippen LogP contribution in [0.3, 0.4) is 0 Å². The van der Waals surface area contributed by atoms with Crippen molar-refractivity contribution in [2.75, 3.05) is 0 Å². The highest BCUT2D eigenvalue weighted by Crippen LogP contribution is 2.29. The van der Waals surface area contributed by atoms with E-state index in [0.29, 0.717) is 17.5 Å². The van der Waals surface area contributed by atoms with E-state index in [9.17, 15) is 19.2 Å². The van der Waals surface area contributed by atoms with Crippen molar-refractivity contribution in [1.29, 1.82) is 0 Å². The molecule has 2 aliphatic rings. The number of fused-ring (bicyclic) bond motifs is 1. The number of nitrogens with zero attached hydrogens (tertiary/aromatic N) is 1. The lowest BCUT2D eigenvalue weighted by atomic mass is 9.93. The van der Waals surface area contributed by atoms with Gasteiger partial charge in [-0.2, -0.15) is 0 Å². The molecule has 0 radical (unpaired) electrons. The van der Waals surface area contributed by atoms with Gasteiger partial charge in [-0.1, -0.05) is 34.1 Å². The van der Waals surface area contributed by atoms with E-state index in [1.165, 1.54) is 4.90 Å². The largest absolute Gasteiger partial charge is 0.343 e. The maximum absolute atomic E-state index is 13.0. The third-order valence-corrected chi connectivity index (χ3v) is 6.31. The first-order chi connectivity index (χ1) is 14.7. The maximum Gasteiger partial charge on any atom is 0.255 e. The minimum Gasteiger partial charge on any atom is -0.343 e. The lowest BCUT2D eigenvalue weighted by Crippen LogP contribution is -2.52. The van der Waals surface area contributed by atoms with Crippen molar-refractivity contribution >= 4 is 39.6 Å². The molecule has 0 aliphatic carbocycles. The second kappa shape index (κ2) is 7.92. The number of hydrogen-bond acceptors (Lipinski definition) is 4. The van der Waals surface area contributed by atoms with Gasteiger partial charge in [0.2, 0.25) is 11.8 Å². The second-order valence-electron chi connectivity index (χ2n) is 8.36. The summed E-state index contributed by atoms with van der Waals surface area (Å²) in [6, 6.07) is 12.1. The van der Waals surface area contributed by atoms with Crippen molar-refractivity contribution in [2.45, 2.75) is 44.8 Å². The highest BCUT2D eigenvalue weighted by atomic mass is 79.9. The van der Waals surface area contributed by atoms with Crippen LogP contribution in [0.5, 0.6) is 0 Å². The van der Waals surface area contributed by atoms with E-state index in [0.717, 1.165) is 15.6 Å². The molecule has 2 aliphatic heterocycles. The summed E-state index contributed by atoms with van der Waals surface area (Å²) in [5, 5.41) is 5.31. The molecule has 2 N–H and O–H groups in total. The Labute approximate surface area is 188 Å². The Morgan fingerprint density at radius 2 is 1.84 bits per heavy atom. The van der Waals surface area contributed by atoms with E-state index in [2.05, 4.69) is 26.6 Å². The fourth-order valence-electron chi connectivity index (χ4n) is 3.99. The van der Waals surface area contributed by atoms with Crippen LogP contribution in [-0.2, 0) is 21.7 Å². The zero-order chi connectivity index (χ0) is 22.3. The fourth-order valence-corrected chi connectivity index (χ4v) is 4.25. The zero-order valence-corrected chi connectivity index (χ0v) is 18.8. The highest BCUT2D eigenvalue weighted by Gasteiger charge is 2.39. The SMILES string of the molecule is CC(C)(NC(=O)c1ccc2c(c1)C(=O)N(C1CCC(=O)NC1=O)C2)c1ccc(Br)cc1. The predicted octanol–water partition coefficient (Wildman–Crippen LogP) is 2.88. The summed E-state index contributed by atoms with van der Waals surface area (Å²) in [6.45, 7) is 4.11. The van der Waals surface area contributed by atoms with Gasteiger partial charge >= 0.3 is 0 Å². The lowest BCUT2D eigenvalue weighted by molar-refractivity contribution is -0.136. The lowest BCUT2D eigenvalue weighted by Gasteiger charge is -2.29. The Balaban J connectivity index is 1.52. The third kappa shape index (κ3) is 4.12. The van der Waals surface area contributed by atoms with Crippen LogP contribution < -0.4 is 10.6 Å².